The molecule has 1 atom stereocenters. The Kier molecular flexibility index (Phi) is 13.5. The summed E-state index contributed by atoms with van der Waals surface area (Å²) >= 11 is -2.04. The van der Waals surface area contributed by atoms with Crippen LogP contribution in [0.15, 0.2) is 4.99 Å². The molecule has 0 spiro atoms. The molecule has 1 unspecified atom stereocenters. The van der Waals surface area contributed by atoms with Crippen molar-refractivity contribution >= 4 is 24.6 Å². The maximum absolute atomic E-state index is 4.66. The van der Waals surface area contributed by atoms with E-state index in [0.29, 0.717) is 0 Å². The van der Waals surface area contributed by atoms with E-state index in [0.717, 1.165) is 10.5 Å². The first-order valence-electron chi connectivity index (χ1n) is 9.20. The van der Waals surface area contributed by atoms with Gasteiger partial charge < -0.3 is 0 Å². The summed E-state index contributed by atoms with van der Waals surface area (Å²) in [4.78, 5) is 4.66. The number of aliphatic imine (C=N–C) groups is 1. The predicted molar refractivity (Wildman–Crippen MR) is 98.0 cm³/mol. The third-order valence-electron chi connectivity index (χ3n) is 4.78. The Labute approximate surface area is 132 Å². The molecule has 20 heavy (non-hydrogen) atoms. The van der Waals surface area contributed by atoms with Gasteiger partial charge in [-0.05, 0) is 0 Å². The molecule has 0 aliphatic rings. The van der Waals surface area contributed by atoms with Crippen LogP contribution in [0.3, 0.4) is 0 Å². The molecule has 0 aliphatic carbocycles. The van der Waals surface area contributed by atoms with Crippen molar-refractivity contribution in [1.82, 2.24) is 0 Å². The average molecular weight is 388 g/mol. The number of hydrogen-bond acceptors (Lipinski definition) is 1. The zero-order chi connectivity index (χ0) is 15.3. The number of rotatable bonds is 13. The van der Waals surface area contributed by atoms with E-state index in [2.05, 4.69) is 45.8 Å². The summed E-state index contributed by atoms with van der Waals surface area (Å²) in [5.74, 6) is 0. The number of unbranched alkanes of at least 4 members (excludes halogenated alkanes) is 3. The number of nitrogens with zero attached hydrogens (tertiary/aromatic N) is 1. The first-order chi connectivity index (χ1) is 9.70. The van der Waals surface area contributed by atoms with Gasteiger partial charge >= 0.3 is 133 Å². The zero-order valence-electron chi connectivity index (χ0n) is 14.9. The Morgan fingerprint density at radius 3 is 1.55 bits per heavy atom. The molecule has 0 amide bonds. The molecule has 1 nitrogen and oxygen atoms in total. The zero-order valence-corrected chi connectivity index (χ0v) is 17.7. The van der Waals surface area contributed by atoms with Crippen LogP contribution in [0.25, 0.3) is 0 Å². The van der Waals surface area contributed by atoms with E-state index in [4.69, 9.17) is 0 Å². The van der Waals surface area contributed by atoms with Crippen molar-refractivity contribution in [1.29, 1.82) is 0 Å². The molecule has 0 aliphatic heterocycles. The van der Waals surface area contributed by atoms with Gasteiger partial charge in [-0.15, -0.1) is 0 Å². The van der Waals surface area contributed by atoms with Crippen molar-refractivity contribution in [2.45, 2.75) is 96.8 Å². The Hall–Kier alpha value is 0.469. The SMILES string of the molecule is CCC[CH2][Sn]([CH2]CCC)([CH2]CCC)[CH](C=NCC)CC. The third kappa shape index (κ3) is 7.47. The first kappa shape index (κ1) is 20.5. The molecule has 0 radical (unpaired) electrons. The van der Waals surface area contributed by atoms with Gasteiger partial charge in [-0.3, -0.25) is 0 Å². The van der Waals surface area contributed by atoms with E-state index < -0.39 is 18.4 Å². The van der Waals surface area contributed by atoms with Gasteiger partial charge in [0.05, 0.1) is 0 Å². The normalized spacial score (nSPS) is 14.1. The summed E-state index contributed by atoms with van der Waals surface area (Å²) in [7, 11) is 0. The fourth-order valence-electron chi connectivity index (χ4n) is 3.45. The Morgan fingerprint density at radius 1 is 0.800 bits per heavy atom. The van der Waals surface area contributed by atoms with Crippen molar-refractivity contribution in [3.8, 4) is 0 Å². The van der Waals surface area contributed by atoms with Crippen LogP contribution in [0.1, 0.15) is 79.6 Å². The van der Waals surface area contributed by atoms with Crippen molar-refractivity contribution < 1.29 is 0 Å². The molecule has 120 valence electrons. The van der Waals surface area contributed by atoms with Crippen LogP contribution in [-0.2, 0) is 0 Å². The summed E-state index contributed by atoms with van der Waals surface area (Å²) in [5, 5.41) is 0. The van der Waals surface area contributed by atoms with Crippen LogP contribution < -0.4 is 0 Å². The fourth-order valence-corrected chi connectivity index (χ4v) is 21.5. The molecule has 0 aromatic carbocycles. The van der Waals surface area contributed by atoms with Crippen molar-refractivity contribution in [2.75, 3.05) is 6.54 Å². The van der Waals surface area contributed by atoms with Crippen LogP contribution >= 0.6 is 0 Å². The van der Waals surface area contributed by atoms with E-state index in [1.165, 1.54) is 44.9 Å². The van der Waals surface area contributed by atoms with E-state index in [-0.39, 0.29) is 0 Å². The van der Waals surface area contributed by atoms with Gasteiger partial charge in [0, 0.05) is 0 Å². The molecule has 0 saturated carbocycles. The minimum absolute atomic E-state index is 0.897. The van der Waals surface area contributed by atoms with Gasteiger partial charge in [-0.1, -0.05) is 0 Å². The number of hydrogen-bond donors (Lipinski definition) is 0. The van der Waals surface area contributed by atoms with E-state index in [1.54, 1.807) is 13.3 Å². The van der Waals surface area contributed by atoms with E-state index >= 15 is 0 Å². The van der Waals surface area contributed by atoms with Gasteiger partial charge in [0.25, 0.3) is 0 Å². The monoisotopic (exact) mass is 389 g/mol. The van der Waals surface area contributed by atoms with E-state index in [1.807, 2.05) is 0 Å². The van der Waals surface area contributed by atoms with Crippen molar-refractivity contribution in [3.05, 3.63) is 0 Å². The van der Waals surface area contributed by atoms with Crippen LogP contribution in [0.4, 0.5) is 0 Å². The van der Waals surface area contributed by atoms with Gasteiger partial charge in [0.2, 0.25) is 0 Å². The summed E-state index contributed by atoms with van der Waals surface area (Å²) in [6, 6.07) is 0. The van der Waals surface area contributed by atoms with Gasteiger partial charge in [-0.2, -0.15) is 0 Å². The molecule has 0 saturated heterocycles. The summed E-state index contributed by atoms with van der Waals surface area (Å²) < 4.78 is 5.73. The fraction of sp³-hybridized carbons (Fsp3) is 0.944. The molecular formula is C18H39NSn. The molecule has 0 aromatic heterocycles. The standard InChI is InChI=1S/C6H12N.3C4H9.Sn/c1-3-5-6-7-4-2;3*1-3-4-2;/h5-6H,3-4H2,1-2H3;3*1,3-4H2,2H3;. The summed E-state index contributed by atoms with van der Waals surface area (Å²) in [5.41, 5.74) is 0. The second-order valence-corrected chi connectivity index (χ2v) is 20.5. The predicted octanol–water partition coefficient (Wildman–Crippen LogP) is 6.71. The van der Waals surface area contributed by atoms with Crippen LogP contribution in [0.5, 0.6) is 0 Å². The Bertz CT molecular complexity index is 216. The summed E-state index contributed by atoms with van der Waals surface area (Å²) in [6.07, 6.45) is 12.3. The van der Waals surface area contributed by atoms with Gasteiger partial charge in [0.1, 0.15) is 0 Å². The topological polar surface area (TPSA) is 12.4 Å². The summed E-state index contributed by atoms with van der Waals surface area (Å²) in [6.45, 7) is 12.6. The Balaban J connectivity index is 5.10. The first-order valence-corrected chi connectivity index (χ1v) is 16.9. The molecule has 2 heteroatoms. The van der Waals surface area contributed by atoms with E-state index in [9.17, 15) is 0 Å². The average Bonchev–Trinajstić information content (AvgIpc) is 2.48. The van der Waals surface area contributed by atoms with Crippen molar-refractivity contribution in [3.63, 3.8) is 0 Å². The quantitative estimate of drug-likeness (QED) is 0.246. The molecule has 0 heterocycles. The molecular weight excluding hydrogens is 349 g/mol. The van der Waals surface area contributed by atoms with Crippen LogP contribution in [0.2, 0.25) is 17.2 Å². The third-order valence-corrected chi connectivity index (χ3v) is 22.4. The van der Waals surface area contributed by atoms with Crippen molar-refractivity contribution in [2.24, 2.45) is 4.99 Å². The second-order valence-electron chi connectivity index (χ2n) is 6.34. The molecule has 0 aromatic rings. The molecule has 0 bridgehead atoms. The Morgan fingerprint density at radius 2 is 1.25 bits per heavy atom. The maximum atomic E-state index is 4.66. The van der Waals surface area contributed by atoms with Gasteiger partial charge in [0.15, 0.2) is 0 Å². The van der Waals surface area contributed by atoms with Crippen LogP contribution in [-0.4, -0.2) is 31.1 Å². The minimum atomic E-state index is -2.04. The second kappa shape index (κ2) is 13.2. The molecule has 0 rings (SSSR count). The van der Waals surface area contributed by atoms with Crippen LogP contribution in [0, 0.1) is 0 Å². The molecule has 0 fully saturated rings. The molecule has 0 N–H and O–H groups in total. The van der Waals surface area contributed by atoms with Gasteiger partial charge in [-0.25, -0.2) is 0 Å².